The van der Waals surface area contributed by atoms with Crippen molar-refractivity contribution in [2.45, 2.75) is 18.9 Å². The van der Waals surface area contributed by atoms with E-state index in [-0.39, 0.29) is 23.8 Å². The van der Waals surface area contributed by atoms with Gasteiger partial charge >= 0.3 is 0 Å². The van der Waals surface area contributed by atoms with Crippen LogP contribution in [0.25, 0.3) is 0 Å². The van der Waals surface area contributed by atoms with Crippen molar-refractivity contribution in [3.8, 4) is 0 Å². The van der Waals surface area contributed by atoms with Gasteiger partial charge in [-0.15, -0.1) is 0 Å². The summed E-state index contributed by atoms with van der Waals surface area (Å²) >= 11 is 0. The number of hydrogen-bond donors (Lipinski definition) is 1. The van der Waals surface area contributed by atoms with Gasteiger partial charge in [0.15, 0.2) is 5.78 Å². The summed E-state index contributed by atoms with van der Waals surface area (Å²) in [4.78, 5) is 15.3. The predicted molar refractivity (Wildman–Crippen MR) is 57.6 cm³/mol. The molecule has 0 aliphatic carbocycles. The van der Waals surface area contributed by atoms with E-state index < -0.39 is 5.82 Å². The van der Waals surface area contributed by atoms with Crippen molar-refractivity contribution in [3.05, 3.63) is 29.8 Å². The summed E-state index contributed by atoms with van der Waals surface area (Å²) in [6, 6.07) is 0.897. The first kappa shape index (κ1) is 12.7. The first-order chi connectivity index (χ1) is 7.63. The van der Waals surface area contributed by atoms with Crippen LogP contribution in [-0.2, 0) is 4.74 Å². The van der Waals surface area contributed by atoms with Crippen LogP contribution in [-0.4, -0.2) is 30.5 Å². The molecule has 0 fully saturated rings. The fraction of sp³-hybridized carbons (Fsp3) is 0.455. The molecule has 0 spiro atoms. The maximum absolute atomic E-state index is 12.8. The van der Waals surface area contributed by atoms with Crippen molar-refractivity contribution in [2.75, 3.05) is 13.7 Å². The SMILES string of the molecule is COCCC(N)CC(=O)c1cncc(F)c1. The van der Waals surface area contributed by atoms with Crippen molar-refractivity contribution in [1.29, 1.82) is 0 Å². The largest absolute Gasteiger partial charge is 0.385 e. The number of nitrogens with two attached hydrogens (primary N) is 1. The number of carbonyl (C=O) groups excluding carboxylic acids is 1. The monoisotopic (exact) mass is 226 g/mol. The topological polar surface area (TPSA) is 65.2 Å². The standard InChI is InChI=1S/C11H15FN2O2/c1-16-3-2-10(13)5-11(15)8-4-9(12)7-14-6-8/h4,6-7,10H,2-3,5,13H2,1H3. The van der Waals surface area contributed by atoms with Crippen LogP contribution in [0.5, 0.6) is 0 Å². The van der Waals surface area contributed by atoms with Crippen molar-refractivity contribution in [1.82, 2.24) is 4.98 Å². The molecule has 1 atom stereocenters. The molecule has 4 nitrogen and oxygen atoms in total. The Hall–Kier alpha value is -1.33. The van der Waals surface area contributed by atoms with Gasteiger partial charge in [-0.3, -0.25) is 9.78 Å². The highest BCUT2D eigenvalue weighted by molar-refractivity contribution is 5.96. The van der Waals surface area contributed by atoms with Crippen LogP contribution in [0.3, 0.4) is 0 Å². The van der Waals surface area contributed by atoms with Crippen LogP contribution in [0, 0.1) is 5.82 Å². The second kappa shape index (κ2) is 6.30. The Bertz CT molecular complexity index is 358. The minimum Gasteiger partial charge on any atom is -0.385 e. The average molecular weight is 226 g/mol. The van der Waals surface area contributed by atoms with E-state index in [9.17, 15) is 9.18 Å². The molecule has 1 aromatic heterocycles. The highest BCUT2D eigenvalue weighted by Gasteiger charge is 2.12. The minimum absolute atomic E-state index is 0.175. The van der Waals surface area contributed by atoms with E-state index in [2.05, 4.69) is 4.98 Å². The van der Waals surface area contributed by atoms with E-state index >= 15 is 0 Å². The molecule has 16 heavy (non-hydrogen) atoms. The molecule has 88 valence electrons. The average Bonchev–Trinajstić information content (AvgIpc) is 2.26. The smallest absolute Gasteiger partial charge is 0.166 e. The summed E-state index contributed by atoms with van der Waals surface area (Å²) in [6.45, 7) is 0.510. The minimum atomic E-state index is -0.517. The Balaban J connectivity index is 2.52. The lowest BCUT2D eigenvalue weighted by atomic mass is 10.0. The number of halogens is 1. The molecule has 1 heterocycles. The van der Waals surface area contributed by atoms with Gasteiger partial charge in [-0.05, 0) is 12.5 Å². The van der Waals surface area contributed by atoms with Crippen LogP contribution >= 0.6 is 0 Å². The molecule has 0 aliphatic heterocycles. The number of rotatable bonds is 6. The van der Waals surface area contributed by atoms with Gasteiger partial charge in [0.25, 0.3) is 0 Å². The number of carbonyl (C=O) groups is 1. The van der Waals surface area contributed by atoms with E-state index in [1.807, 2.05) is 0 Å². The Morgan fingerprint density at radius 1 is 1.62 bits per heavy atom. The first-order valence-electron chi connectivity index (χ1n) is 5.01. The van der Waals surface area contributed by atoms with Gasteiger partial charge in [0.1, 0.15) is 5.82 Å². The Morgan fingerprint density at radius 2 is 2.38 bits per heavy atom. The van der Waals surface area contributed by atoms with Gasteiger partial charge in [0.05, 0.1) is 6.20 Å². The van der Waals surface area contributed by atoms with Crippen LogP contribution in [0.4, 0.5) is 4.39 Å². The van der Waals surface area contributed by atoms with Crippen LogP contribution in [0.1, 0.15) is 23.2 Å². The zero-order valence-corrected chi connectivity index (χ0v) is 9.15. The zero-order valence-electron chi connectivity index (χ0n) is 9.15. The Kier molecular flexibility index (Phi) is 5.01. The number of hydrogen-bond acceptors (Lipinski definition) is 4. The molecule has 2 N–H and O–H groups in total. The summed E-state index contributed by atoms with van der Waals surface area (Å²) in [6.07, 6.45) is 3.18. The quantitative estimate of drug-likeness (QED) is 0.739. The highest BCUT2D eigenvalue weighted by Crippen LogP contribution is 2.07. The maximum Gasteiger partial charge on any atom is 0.166 e. The number of ketones is 1. The zero-order chi connectivity index (χ0) is 12.0. The number of aromatic nitrogens is 1. The van der Waals surface area contributed by atoms with Gasteiger partial charge in [-0.1, -0.05) is 0 Å². The van der Waals surface area contributed by atoms with E-state index in [0.717, 1.165) is 6.20 Å². The lowest BCUT2D eigenvalue weighted by molar-refractivity contribution is 0.0966. The molecule has 1 rings (SSSR count). The van der Waals surface area contributed by atoms with Gasteiger partial charge < -0.3 is 10.5 Å². The Labute approximate surface area is 93.6 Å². The molecule has 0 bridgehead atoms. The third kappa shape index (κ3) is 4.04. The third-order valence-electron chi connectivity index (χ3n) is 2.17. The summed E-state index contributed by atoms with van der Waals surface area (Å²) in [5.74, 6) is -0.716. The molecule has 0 radical (unpaired) electrons. The van der Waals surface area contributed by atoms with Crippen molar-refractivity contribution in [2.24, 2.45) is 5.73 Å². The lowest BCUT2D eigenvalue weighted by Crippen LogP contribution is -2.25. The lowest BCUT2D eigenvalue weighted by Gasteiger charge is -2.09. The molecular formula is C11H15FN2O2. The van der Waals surface area contributed by atoms with Gasteiger partial charge in [-0.2, -0.15) is 0 Å². The predicted octanol–water partition coefficient (Wildman–Crippen LogP) is 1.16. The fourth-order valence-corrected chi connectivity index (χ4v) is 1.29. The summed E-state index contributed by atoms with van der Waals surface area (Å²) in [5.41, 5.74) is 5.98. The molecule has 1 unspecified atom stereocenters. The molecule has 0 aliphatic rings. The van der Waals surface area contributed by atoms with Gasteiger partial charge in [0, 0.05) is 37.9 Å². The number of methoxy groups -OCH3 is 1. The van der Waals surface area contributed by atoms with Crippen molar-refractivity contribution >= 4 is 5.78 Å². The molecule has 5 heteroatoms. The fourth-order valence-electron chi connectivity index (χ4n) is 1.29. The third-order valence-corrected chi connectivity index (χ3v) is 2.17. The number of ether oxygens (including phenoxy) is 1. The summed E-state index contributed by atoms with van der Waals surface area (Å²) in [7, 11) is 1.57. The molecule has 0 amide bonds. The second-order valence-corrected chi connectivity index (χ2v) is 3.56. The van der Waals surface area contributed by atoms with E-state index in [4.69, 9.17) is 10.5 Å². The van der Waals surface area contributed by atoms with Crippen LogP contribution in [0.2, 0.25) is 0 Å². The molecule has 1 aromatic rings. The molecule has 0 saturated carbocycles. The normalized spacial score (nSPS) is 12.4. The molecular weight excluding hydrogens is 211 g/mol. The highest BCUT2D eigenvalue weighted by atomic mass is 19.1. The van der Waals surface area contributed by atoms with E-state index in [1.54, 1.807) is 7.11 Å². The van der Waals surface area contributed by atoms with Crippen LogP contribution in [0.15, 0.2) is 18.5 Å². The first-order valence-corrected chi connectivity index (χ1v) is 5.01. The van der Waals surface area contributed by atoms with Gasteiger partial charge in [-0.25, -0.2) is 4.39 Å². The van der Waals surface area contributed by atoms with Gasteiger partial charge in [0.2, 0.25) is 0 Å². The van der Waals surface area contributed by atoms with Crippen LogP contribution < -0.4 is 5.73 Å². The van der Waals surface area contributed by atoms with Crippen molar-refractivity contribution in [3.63, 3.8) is 0 Å². The van der Waals surface area contributed by atoms with E-state index in [1.165, 1.54) is 12.3 Å². The van der Waals surface area contributed by atoms with Crippen molar-refractivity contribution < 1.29 is 13.9 Å². The maximum atomic E-state index is 12.8. The Morgan fingerprint density at radius 3 is 3.00 bits per heavy atom. The number of pyridine rings is 1. The summed E-state index contributed by atoms with van der Waals surface area (Å²) < 4.78 is 17.7. The van der Waals surface area contributed by atoms with E-state index in [0.29, 0.717) is 13.0 Å². The second-order valence-electron chi connectivity index (χ2n) is 3.56. The number of Topliss-reactive ketones (excluding diaryl/α,β-unsaturated/α-hetero) is 1. The molecule has 0 saturated heterocycles. The summed E-state index contributed by atoms with van der Waals surface area (Å²) in [5, 5.41) is 0. The number of nitrogens with zero attached hydrogens (tertiary/aromatic N) is 1. The molecule has 0 aromatic carbocycles.